The molecule has 1 amide bonds. The van der Waals surface area contributed by atoms with E-state index in [-0.39, 0.29) is 5.91 Å². The molecule has 0 unspecified atom stereocenters. The highest BCUT2D eigenvalue weighted by Gasteiger charge is 2.08. The van der Waals surface area contributed by atoms with Gasteiger partial charge in [0.05, 0.1) is 11.4 Å². The number of hydrogen-bond donors (Lipinski definition) is 4. The van der Waals surface area contributed by atoms with Gasteiger partial charge < -0.3 is 21.5 Å². The standard InChI is InChI=1S/C19H18N4OS/c20-17-11-6-13(12-18(17)21)19(24)22-14-7-9-16(10-8-14)25-23-15-4-2-1-3-5-15/h1-12,23H,20-21H2,(H,22,24). The van der Waals surface area contributed by atoms with Crippen molar-refractivity contribution in [2.75, 3.05) is 21.5 Å². The molecular formula is C19H18N4OS. The molecule has 0 radical (unpaired) electrons. The Kier molecular flexibility index (Phi) is 5.11. The topological polar surface area (TPSA) is 93.2 Å². The van der Waals surface area contributed by atoms with Crippen molar-refractivity contribution in [2.45, 2.75) is 4.90 Å². The fourth-order valence-electron chi connectivity index (χ4n) is 2.15. The molecule has 3 aromatic carbocycles. The number of hydrogen-bond acceptors (Lipinski definition) is 5. The first-order valence-electron chi connectivity index (χ1n) is 7.66. The molecule has 0 heterocycles. The van der Waals surface area contributed by atoms with E-state index in [1.54, 1.807) is 18.2 Å². The van der Waals surface area contributed by atoms with Crippen molar-refractivity contribution < 1.29 is 4.79 Å². The second-order valence-corrected chi connectivity index (χ2v) is 6.27. The van der Waals surface area contributed by atoms with Crippen LogP contribution in [-0.4, -0.2) is 5.91 Å². The van der Waals surface area contributed by atoms with Crippen molar-refractivity contribution in [3.63, 3.8) is 0 Å². The van der Waals surface area contributed by atoms with Crippen LogP contribution in [0.1, 0.15) is 10.4 Å². The monoisotopic (exact) mass is 350 g/mol. The number of anilines is 4. The van der Waals surface area contributed by atoms with E-state index < -0.39 is 0 Å². The zero-order valence-electron chi connectivity index (χ0n) is 13.4. The molecule has 0 aromatic heterocycles. The van der Waals surface area contributed by atoms with Crippen molar-refractivity contribution in [2.24, 2.45) is 0 Å². The Morgan fingerprint density at radius 3 is 2.20 bits per heavy atom. The number of rotatable bonds is 5. The van der Waals surface area contributed by atoms with E-state index in [1.807, 2.05) is 54.6 Å². The number of nitrogens with one attached hydrogen (secondary N) is 2. The molecule has 3 rings (SSSR count). The van der Waals surface area contributed by atoms with Crippen molar-refractivity contribution >= 4 is 40.6 Å². The molecule has 0 aliphatic carbocycles. The average molecular weight is 350 g/mol. The van der Waals surface area contributed by atoms with Crippen LogP contribution in [0.15, 0.2) is 77.7 Å². The van der Waals surface area contributed by atoms with Gasteiger partial charge in [0.15, 0.2) is 0 Å². The molecule has 3 aromatic rings. The molecule has 0 bridgehead atoms. The summed E-state index contributed by atoms with van der Waals surface area (Å²) in [5.41, 5.74) is 14.5. The maximum absolute atomic E-state index is 12.2. The third kappa shape index (κ3) is 4.45. The summed E-state index contributed by atoms with van der Waals surface area (Å²) in [5, 5.41) is 2.84. The second-order valence-electron chi connectivity index (χ2n) is 5.39. The Bertz CT molecular complexity index is 866. The van der Waals surface area contributed by atoms with Gasteiger partial charge in [-0.3, -0.25) is 4.79 Å². The molecular weight excluding hydrogens is 332 g/mol. The molecule has 0 aliphatic rings. The maximum atomic E-state index is 12.2. The van der Waals surface area contributed by atoms with E-state index >= 15 is 0 Å². The van der Waals surface area contributed by atoms with E-state index in [9.17, 15) is 4.79 Å². The number of nitrogen functional groups attached to an aromatic ring is 2. The van der Waals surface area contributed by atoms with Crippen molar-refractivity contribution in [1.82, 2.24) is 0 Å². The van der Waals surface area contributed by atoms with Gasteiger partial charge in [-0.25, -0.2) is 0 Å². The van der Waals surface area contributed by atoms with Gasteiger partial charge in [-0.05, 0) is 66.5 Å². The summed E-state index contributed by atoms with van der Waals surface area (Å²) in [6.45, 7) is 0. The second kappa shape index (κ2) is 7.63. The number of nitrogens with two attached hydrogens (primary N) is 2. The molecule has 6 heteroatoms. The molecule has 0 saturated heterocycles. The lowest BCUT2D eigenvalue weighted by Crippen LogP contribution is -2.12. The number of benzene rings is 3. The summed E-state index contributed by atoms with van der Waals surface area (Å²) >= 11 is 1.51. The summed E-state index contributed by atoms with van der Waals surface area (Å²) < 4.78 is 3.26. The molecule has 6 N–H and O–H groups in total. The van der Waals surface area contributed by atoms with E-state index in [0.29, 0.717) is 22.6 Å². The average Bonchev–Trinajstić information content (AvgIpc) is 2.64. The van der Waals surface area contributed by atoms with Gasteiger partial charge in [0.1, 0.15) is 0 Å². The number of carbonyl (C=O) groups excluding carboxylic acids is 1. The minimum Gasteiger partial charge on any atom is -0.397 e. The highest BCUT2D eigenvalue weighted by Crippen LogP contribution is 2.23. The fourth-order valence-corrected chi connectivity index (χ4v) is 2.79. The number of para-hydroxylation sites is 1. The highest BCUT2D eigenvalue weighted by atomic mass is 32.2. The Balaban J connectivity index is 1.60. The number of carbonyl (C=O) groups is 1. The SMILES string of the molecule is Nc1ccc(C(=O)Nc2ccc(SNc3ccccc3)cc2)cc1N. The summed E-state index contributed by atoms with van der Waals surface area (Å²) in [7, 11) is 0. The van der Waals surface area contributed by atoms with Crippen LogP contribution in [0.2, 0.25) is 0 Å². The maximum Gasteiger partial charge on any atom is 0.255 e. The Morgan fingerprint density at radius 2 is 1.52 bits per heavy atom. The van der Waals surface area contributed by atoms with Gasteiger partial charge in [-0.15, -0.1) is 0 Å². The van der Waals surface area contributed by atoms with Crippen LogP contribution in [0.3, 0.4) is 0 Å². The van der Waals surface area contributed by atoms with E-state index in [2.05, 4.69) is 10.0 Å². The Morgan fingerprint density at radius 1 is 0.800 bits per heavy atom. The molecule has 0 atom stereocenters. The quantitative estimate of drug-likeness (QED) is 0.408. The van der Waals surface area contributed by atoms with Crippen molar-refractivity contribution in [3.05, 3.63) is 78.4 Å². The lowest BCUT2D eigenvalue weighted by molar-refractivity contribution is 0.102. The lowest BCUT2D eigenvalue weighted by Gasteiger charge is -2.09. The smallest absolute Gasteiger partial charge is 0.255 e. The summed E-state index contributed by atoms with van der Waals surface area (Å²) in [6, 6.07) is 22.4. The Hall–Kier alpha value is -3.12. The van der Waals surface area contributed by atoms with E-state index in [0.717, 1.165) is 10.6 Å². The van der Waals surface area contributed by atoms with Gasteiger partial charge >= 0.3 is 0 Å². The molecule has 0 aliphatic heterocycles. The van der Waals surface area contributed by atoms with Gasteiger partial charge in [0.25, 0.3) is 5.91 Å². The van der Waals surface area contributed by atoms with Gasteiger partial charge in [0, 0.05) is 21.8 Å². The van der Waals surface area contributed by atoms with Crippen LogP contribution in [0, 0.1) is 0 Å². The van der Waals surface area contributed by atoms with Crippen molar-refractivity contribution in [1.29, 1.82) is 0 Å². The van der Waals surface area contributed by atoms with Crippen LogP contribution in [-0.2, 0) is 0 Å². The van der Waals surface area contributed by atoms with Crippen LogP contribution in [0.4, 0.5) is 22.7 Å². The van der Waals surface area contributed by atoms with Gasteiger partial charge in [-0.2, -0.15) is 0 Å². The largest absolute Gasteiger partial charge is 0.397 e. The zero-order chi connectivity index (χ0) is 17.6. The normalized spacial score (nSPS) is 10.2. The zero-order valence-corrected chi connectivity index (χ0v) is 14.2. The van der Waals surface area contributed by atoms with Crippen LogP contribution < -0.4 is 21.5 Å². The van der Waals surface area contributed by atoms with E-state index in [1.165, 1.54) is 11.9 Å². The van der Waals surface area contributed by atoms with Gasteiger partial charge in [-0.1, -0.05) is 18.2 Å². The summed E-state index contributed by atoms with van der Waals surface area (Å²) in [6.07, 6.45) is 0. The van der Waals surface area contributed by atoms with Gasteiger partial charge in [0.2, 0.25) is 0 Å². The molecule has 5 nitrogen and oxygen atoms in total. The Labute approximate surface area is 150 Å². The predicted octanol–water partition coefficient (Wildman–Crippen LogP) is 4.22. The first-order valence-corrected chi connectivity index (χ1v) is 8.48. The lowest BCUT2D eigenvalue weighted by atomic mass is 10.1. The predicted molar refractivity (Wildman–Crippen MR) is 106 cm³/mol. The third-order valence-electron chi connectivity index (χ3n) is 3.52. The molecule has 25 heavy (non-hydrogen) atoms. The van der Waals surface area contributed by atoms with Crippen molar-refractivity contribution in [3.8, 4) is 0 Å². The minimum absolute atomic E-state index is 0.227. The molecule has 0 spiro atoms. The van der Waals surface area contributed by atoms with Crippen LogP contribution in [0.5, 0.6) is 0 Å². The molecule has 0 saturated carbocycles. The minimum atomic E-state index is -0.227. The first kappa shape index (κ1) is 16.7. The highest BCUT2D eigenvalue weighted by molar-refractivity contribution is 8.00. The molecule has 126 valence electrons. The number of amides is 1. The fraction of sp³-hybridized carbons (Fsp3) is 0. The van der Waals surface area contributed by atoms with Crippen LogP contribution in [0.25, 0.3) is 0 Å². The summed E-state index contributed by atoms with van der Waals surface area (Å²) in [4.78, 5) is 13.3. The third-order valence-corrected chi connectivity index (χ3v) is 4.37. The first-order chi connectivity index (χ1) is 12.1. The molecule has 0 fully saturated rings. The van der Waals surface area contributed by atoms with Crippen LogP contribution >= 0.6 is 11.9 Å². The summed E-state index contributed by atoms with van der Waals surface area (Å²) in [5.74, 6) is -0.227. The van der Waals surface area contributed by atoms with E-state index in [4.69, 9.17) is 11.5 Å².